The van der Waals surface area contributed by atoms with Gasteiger partial charge in [0.05, 0.1) is 12.2 Å². The third-order valence-corrected chi connectivity index (χ3v) is 2.47. The van der Waals surface area contributed by atoms with Gasteiger partial charge in [0.25, 0.3) is 0 Å². The third-order valence-electron chi connectivity index (χ3n) is 2.47. The van der Waals surface area contributed by atoms with Gasteiger partial charge in [-0.3, -0.25) is 14.9 Å². The quantitative estimate of drug-likeness (QED) is 0.679. The van der Waals surface area contributed by atoms with E-state index in [9.17, 15) is 18.8 Å². The zero-order chi connectivity index (χ0) is 17.6. The van der Waals surface area contributed by atoms with Crippen LogP contribution in [0.15, 0.2) is 18.2 Å². The summed E-state index contributed by atoms with van der Waals surface area (Å²) in [5.41, 5.74) is -0.0166. The number of imide groups is 1. The van der Waals surface area contributed by atoms with Crippen molar-refractivity contribution < 1.29 is 18.8 Å². The van der Waals surface area contributed by atoms with Gasteiger partial charge in [0, 0.05) is 18.2 Å². The van der Waals surface area contributed by atoms with Crippen LogP contribution in [-0.4, -0.2) is 29.9 Å². The molecule has 0 aliphatic rings. The number of rotatable bonds is 4. The van der Waals surface area contributed by atoms with Crippen LogP contribution in [0.5, 0.6) is 0 Å². The minimum Gasteiger partial charge on any atom is -0.376 e. The molecule has 1 rings (SSSR count). The Labute approximate surface area is 134 Å². The molecule has 23 heavy (non-hydrogen) atoms. The van der Waals surface area contributed by atoms with Gasteiger partial charge in [-0.1, -0.05) is 0 Å². The number of amides is 4. The Morgan fingerprint density at radius 2 is 1.83 bits per heavy atom. The number of anilines is 2. The number of benzene rings is 1. The van der Waals surface area contributed by atoms with Crippen LogP contribution in [0, 0.1) is 5.82 Å². The summed E-state index contributed by atoms with van der Waals surface area (Å²) in [6, 6.07) is 3.35. The van der Waals surface area contributed by atoms with Crippen LogP contribution in [-0.2, 0) is 9.59 Å². The fraction of sp³-hybridized carbons (Fsp3) is 0.400. The maximum Gasteiger partial charge on any atom is 0.321 e. The lowest BCUT2D eigenvalue weighted by Crippen LogP contribution is -2.49. The molecule has 0 saturated carbocycles. The molecule has 0 aromatic heterocycles. The molecule has 4 amide bonds. The summed E-state index contributed by atoms with van der Waals surface area (Å²) in [6.07, 6.45) is 0. The Morgan fingerprint density at radius 3 is 2.39 bits per heavy atom. The van der Waals surface area contributed by atoms with E-state index in [0.29, 0.717) is 5.69 Å². The zero-order valence-electron chi connectivity index (χ0n) is 13.5. The van der Waals surface area contributed by atoms with Gasteiger partial charge in [-0.25, -0.2) is 9.18 Å². The van der Waals surface area contributed by atoms with Gasteiger partial charge < -0.3 is 16.0 Å². The number of hydrogen-bond donors (Lipinski definition) is 4. The van der Waals surface area contributed by atoms with Crippen molar-refractivity contribution >= 4 is 29.2 Å². The molecular weight excluding hydrogens is 303 g/mol. The highest BCUT2D eigenvalue weighted by molar-refractivity contribution is 5.96. The summed E-state index contributed by atoms with van der Waals surface area (Å²) in [5.74, 6) is -1.53. The maximum atomic E-state index is 13.5. The summed E-state index contributed by atoms with van der Waals surface area (Å²) in [6.45, 7) is 6.45. The largest absolute Gasteiger partial charge is 0.376 e. The molecule has 7 nitrogen and oxygen atoms in total. The van der Waals surface area contributed by atoms with E-state index in [1.165, 1.54) is 19.1 Å². The second-order valence-corrected chi connectivity index (χ2v) is 5.98. The molecule has 0 unspecified atom stereocenters. The lowest BCUT2D eigenvalue weighted by molar-refractivity contribution is -0.118. The normalized spacial score (nSPS) is 10.7. The Balaban J connectivity index is 2.56. The topological polar surface area (TPSA) is 99.3 Å². The van der Waals surface area contributed by atoms with E-state index in [4.69, 9.17) is 0 Å². The highest BCUT2D eigenvalue weighted by Gasteiger charge is 2.15. The smallest absolute Gasteiger partial charge is 0.321 e. The number of carbonyl (C=O) groups is 3. The molecule has 1 aromatic carbocycles. The van der Waals surface area contributed by atoms with Crippen molar-refractivity contribution in [2.24, 2.45) is 0 Å². The first-order valence-corrected chi connectivity index (χ1v) is 7.00. The monoisotopic (exact) mass is 324 g/mol. The van der Waals surface area contributed by atoms with Gasteiger partial charge in [0.15, 0.2) is 0 Å². The molecule has 0 fully saturated rings. The minimum atomic E-state index is -0.595. The summed E-state index contributed by atoms with van der Waals surface area (Å²) < 4.78 is 13.5. The van der Waals surface area contributed by atoms with Crippen LogP contribution in [0.4, 0.5) is 20.6 Å². The van der Waals surface area contributed by atoms with Crippen molar-refractivity contribution in [3.8, 4) is 0 Å². The van der Waals surface area contributed by atoms with E-state index in [2.05, 4.69) is 21.3 Å². The SMILES string of the molecule is CC(=O)Nc1cc(NCC(=O)NC(=O)NC(C)(C)C)ccc1F. The number of halogens is 1. The van der Waals surface area contributed by atoms with Gasteiger partial charge in [-0.15, -0.1) is 0 Å². The van der Waals surface area contributed by atoms with E-state index < -0.39 is 29.2 Å². The van der Waals surface area contributed by atoms with Crippen molar-refractivity contribution in [1.82, 2.24) is 10.6 Å². The molecule has 0 atom stereocenters. The molecule has 126 valence electrons. The van der Waals surface area contributed by atoms with Crippen molar-refractivity contribution in [1.29, 1.82) is 0 Å². The fourth-order valence-electron chi connectivity index (χ4n) is 1.65. The summed E-state index contributed by atoms with van der Waals surface area (Å²) in [4.78, 5) is 34.2. The zero-order valence-corrected chi connectivity index (χ0v) is 13.5. The van der Waals surface area contributed by atoms with Crippen LogP contribution in [0.1, 0.15) is 27.7 Å². The summed E-state index contributed by atoms with van der Waals surface area (Å²) in [5, 5.41) is 9.84. The Morgan fingerprint density at radius 1 is 1.17 bits per heavy atom. The van der Waals surface area contributed by atoms with E-state index in [1.54, 1.807) is 20.8 Å². The molecule has 0 aliphatic heterocycles. The van der Waals surface area contributed by atoms with Crippen LogP contribution < -0.4 is 21.3 Å². The van der Waals surface area contributed by atoms with Crippen LogP contribution in [0.2, 0.25) is 0 Å². The van der Waals surface area contributed by atoms with E-state index in [-0.39, 0.29) is 12.2 Å². The molecule has 0 aliphatic carbocycles. The maximum absolute atomic E-state index is 13.5. The predicted molar refractivity (Wildman–Crippen MR) is 85.6 cm³/mol. The van der Waals surface area contributed by atoms with Crippen molar-refractivity contribution in [2.45, 2.75) is 33.2 Å². The minimum absolute atomic E-state index is 0.00776. The third kappa shape index (κ3) is 7.25. The van der Waals surface area contributed by atoms with Gasteiger partial charge in [-0.2, -0.15) is 0 Å². The highest BCUT2D eigenvalue weighted by atomic mass is 19.1. The average Bonchev–Trinajstić information content (AvgIpc) is 2.36. The standard InChI is InChI=1S/C15H21FN4O3/c1-9(21)18-12-7-10(5-6-11(12)16)17-8-13(22)19-14(23)20-15(2,3)4/h5-7,17H,8H2,1-4H3,(H,18,21)(H2,19,20,22,23). The predicted octanol–water partition coefficient (Wildman–Crippen LogP) is 1.82. The van der Waals surface area contributed by atoms with Gasteiger partial charge in [0.1, 0.15) is 5.82 Å². The molecule has 1 aromatic rings. The number of hydrogen-bond acceptors (Lipinski definition) is 4. The lowest BCUT2D eigenvalue weighted by Gasteiger charge is -2.20. The first-order chi connectivity index (χ1) is 10.6. The van der Waals surface area contributed by atoms with E-state index in [1.807, 2.05) is 0 Å². The van der Waals surface area contributed by atoms with Crippen molar-refractivity contribution in [3.05, 3.63) is 24.0 Å². The highest BCUT2D eigenvalue weighted by Crippen LogP contribution is 2.19. The number of carbonyl (C=O) groups excluding carboxylic acids is 3. The second kappa shape index (κ2) is 7.57. The van der Waals surface area contributed by atoms with Crippen LogP contribution in [0.3, 0.4) is 0 Å². The Kier molecular flexibility index (Phi) is 6.06. The lowest BCUT2D eigenvalue weighted by atomic mass is 10.1. The molecule has 0 spiro atoms. The molecular formula is C15H21FN4O3. The molecule has 0 saturated heterocycles. The van der Waals surface area contributed by atoms with E-state index in [0.717, 1.165) is 6.07 Å². The Bertz CT molecular complexity index is 611. The van der Waals surface area contributed by atoms with Crippen LogP contribution in [0.25, 0.3) is 0 Å². The Hall–Kier alpha value is -2.64. The fourth-order valence-corrected chi connectivity index (χ4v) is 1.65. The number of urea groups is 1. The van der Waals surface area contributed by atoms with Gasteiger partial charge >= 0.3 is 6.03 Å². The molecule has 0 bridgehead atoms. The summed E-state index contributed by atoms with van der Waals surface area (Å²) in [7, 11) is 0. The first-order valence-electron chi connectivity index (χ1n) is 7.00. The van der Waals surface area contributed by atoms with E-state index >= 15 is 0 Å². The van der Waals surface area contributed by atoms with Gasteiger partial charge in [0.2, 0.25) is 11.8 Å². The van der Waals surface area contributed by atoms with Gasteiger partial charge in [-0.05, 0) is 39.0 Å². The van der Waals surface area contributed by atoms with Crippen molar-refractivity contribution in [3.63, 3.8) is 0 Å². The van der Waals surface area contributed by atoms with Crippen molar-refractivity contribution in [2.75, 3.05) is 17.2 Å². The average molecular weight is 324 g/mol. The second-order valence-electron chi connectivity index (χ2n) is 5.98. The number of nitrogens with one attached hydrogen (secondary N) is 4. The molecule has 4 N–H and O–H groups in total. The molecule has 0 heterocycles. The van der Waals surface area contributed by atoms with Crippen LogP contribution >= 0.6 is 0 Å². The first kappa shape index (κ1) is 18.4. The summed E-state index contributed by atoms with van der Waals surface area (Å²) >= 11 is 0. The molecule has 0 radical (unpaired) electrons. The molecule has 8 heteroatoms.